The van der Waals surface area contributed by atoms with E-state index in [1.165, 1.54) is 5.69 Å². The van der Waals surface area contributed by atoms with E-state index in [9.17, 15) is 4.79 Å². The first-order valence-corrected chi connectivity index (χ1v) is 13.3. The standard InChI is InChI=1S/C28H37N7O3/c1-28(2,3)38-22-17-34(18-22)27(36)30-15-21-8-7-20(14-19(21)10-13-37-4)23-9-11-29-26(32-23)33-24-16-31-35-12-5-6-25(24)35/h7-9,11,14,16,22H,5-6,10,12-13,15,17-18H2,1-4H3,(H,30,36)(H,29,32,33). The Balaban J connectivity index is 1.25. The summed E-state index contributed by atoms with van der Waals surface area (Å²) in [7, 11) is 1.70. The number of aryl methyl sites for hydroxylation is 1. The third-order valence-corrected chi connectivity index (χ3v) is 6.80. The normalized spacial score (nSPS) is 15.3. The molecule has 2 amide bonds. The van der Waals surface area contributed by atoms with E-state index >= 15 is 0 Å². The number of carbonyl (C=O) groups is 1. The Morgan fingerprint density at radius 1 is 1.18 bits per heavy atom. The van der Waals surface area contributed by atoms with E-state index < -0.39 is 0 Å². The Morgan fingerprint density at radius 2 is 2.03 bits per heavy atom. The van der Waals surface area contributed by atoms with Gasteiger partial charge in [-0.3, -0.25) is 4.68 Å². The predicted molar refractivity (Wildman–Crippen MR) is 145 cm³/mol. The zero-order valence-electron chi connectivity index (χ0n) is 22.7. The molecule has 10 heteroatoms. The Hall–Kier alpha value is -3.50. The van der Waals surface area contributed by atoms with Gasteiger partial charge < -0.3 is 25.0 Å². The molecule has 2 aliphatic heterocycles. The number of nitrogens with zero attached hydrogens (tertiary/aromatic N) is 5. The zero-order chi connectivity index (χ0) is 26.7. The molecule has 1 saturated heterocycles. The molecule has 2 aliphatic rings. The van der Waals surface area contributed by atoms with E-state index in [0.29, 0.717) is 32.2 Å². The van der Waals surface area contributed by atoms with Crippen LogP contribution in [-0.4, -0.2) is 69.2 Å². The second kappa shape index (κ2) is 11.1. The van der Waals surface area contributed by atoms with Gasteiger partial charge in [-0.15, -0.1) is 0 Å². The molecule has 0 spiro atoms. The Morgan fingerprint density at radius 3 is 2.82 bits per heavy atom. The van der Waals surface area contributed by atoms with E-state index in [2.05, 4.69) is 32.8 Å². The summed E-state index contributed by atoms with van der Waals surface area (Å²) in [6, 6.07) is 8.06. The molecule has 0 bridgehead atoms. The van der Waals surface area contributed by atoms with Crippen LogP contribution in [0.5, 0.6) is 0 Å². The van der Waals surface area contributed by atoms with Crippen LogP contribution in [0.1, 0.15) is 44.0 Å². The van der Waals surface area contributed by atoms with E-state index in [0.717, 1.165) is 53.9 Å². The molecule has 5 rings (SSSR count). The van der Waals surface area contributed by atoms with Crippen molar-refractivity contribution in [1.29, 1.82) is 0 Å². The van der Waals surface area contributed by atoms with Gasteiger partial charge in [-0.2, -0.15) is 5.10 Å². The lowest BCUT2D eigenvalue weighted by Crippen LogP contribution is -2.59. The van der Waals surface area contributed by atoms with Crippen LogP contribution in [0.15, 0.2) is 36.7 Å². The van der Waals surface area contributed by atoms with Crippen molar-refractivity contribution in [2.45, 2.75) is 64.8 Å². The second-order valence-corrected chi connectivity index (χ2v) is 10.9. The van der Waals surface area contributed by atoms with Gasteiger partial charge in [0.1, 0.15) is 0 Å². The van der Waals surface area contributed by atoms with Gasteiger partial charge >= 0.3 is 6.03 Å². The minimum atomic E-state index is -0.203. The summed E-state index contributed by atoms with van der Waals surface area (Å²) in [4.78, 5) is 23.6. The highest BCUT2D eigenvalue weighted by Gasteiger charge is 2.34. The molecule has 38 heavy (non-hydrogen) atoms. The maximum atomic E-state index is 12.7. The minimum Gasteiger partial charge on any atom is -0.384 e. The molecule has 0 unspecified atom stereocenters. The Bertz CT molecular complexity index is 1280. The Kier molecular flexibility index (Phi) is 7.62. The van der Waals surface area contributed by atoms with Crippen LogP contribution in [-0.2, 0) is 35.4 Å². The lowest BCUT2D eigenvalue weighted by atomic mass is 9.99. The van der Waals surface area contributed by atoms with Gasteiger partial charge in [-0.1, -0.05) is 12.1 Å². The van der Waals surface area contributed by atoms with Crippen molar-refractivity contribution >= 4 is 17.7 Å². The fourth-order valence-electron chi connectivity index (χ4n) is 4.93. The van der Waals surface area contributed by atoms with Crippen LogP contribution in [0.25, 0.3) is 11.3 Å². The number of likely N-dealkylation sites (tertiary alicyclic amines) is 1. The van der Waals surface area contributed by atoms with E-state index in [4.69, 9.17) is 14.5 Å². The third kappa shape index (κ3) is 6.14. The summed E-state index contributed by atoms with van der Waals surface area (Å²) < 4.78 is 13.3. The second-order valence-electron chi connectivity index (χ2n) is 10.9. The molecule has 0 radical (unpaired) electrons. The van der Waals surface area contributed by atoms with Crippen molar-refractivity contribution in [3.05, 3.63) is 53.5 Å². The average molecular weight is 520 g/mol. The van der Waals surface area contributed by atoms with Gasteiger partial charge in [0.15, 0.2) is 0 Å². The topological polar surface area (TPSA) is 106 Å². The number of fused-ring (bicyclic) bond motifs is 1. The number of anilines is 2. The highest BCUT2D eigenvalue weighted by atomic mass is 16.5. The molecule has 3 aromatic rings. The summed E-state index contributed by atoms with van der Waals surface area (Å²) in [5.41, 5.74) is 5.95. The van der Waals surface area contributed by atoms with Crippen LogP contribution in [0.3, 0.4) is 0 Å². The van der Waals surface area contributed by atoms with Gasteiger partial charge in [0.2, 0.25) is 5.95 Å². The summed E-state index contributed by atoms with van der Waals surface area (Å²) in [6.07, 6.45) is 6.56. The smallest absolute Gasteiger partial charge is 0.317 e. The summed E-state index contributed by atoms with van der Waals surface area (Å²) >= 11 is 0. The average Bonchev–Trinajstić information content (AvgIpc) is 3.48. The number of benzene rings is 1. The maximum absolute atomic E-state index is 12.7. The van der Waals surface area contributed by atoms with Crippen LogP contribution in [0, 0.1) is 0 Å². The lowest BCUT2D eigenvalue weighted by Gasteiger charge is -2.41. The first-order chi connectivity index (χ1) is 18.3. The van der Waals surface area contributed by atoms with E-state index in [1.807, 2.05) is 43.8 Å². The van der Waals surface area contributed by atoms with Gasteiger partial charge in [-0.25, -0.2) is 14.8 Å². The molecule has 10 nitrogen and oxygen atoms in total. The molecule has 1 aromatic carbocycles. The highest BCUT2D eigenvalue weighted by molar-refractivity contribution is 5.75. The van der Waals surface area contributed by atoms with Crippen LogP contribution >= 0.6 is 0 Å². The monoisotopic (exact) mass is 519 g/mol. The maximum Gasteiger partial charge on any atom is 0.317 e. The van der Waals surface area contributed by atoms with Gasteiger partial charge in [0.05, 0.1) is 54.7 Å². The van der Waals surface area contributed by atoms with E-state index in [-0.39, 0.29) is 17.7 Å². The molecule has 4 heterocycles. The molecule has 0 atom stereocenters. The number of hydrogen-bond donors (Lipinski definition) is 2. The fourth-order valence-corrected chi connectivity index (χ4v) is 4.93. The highest BCUT2D eigenvalue weighted by Crippen LogP contribution is 2.27. The van der Waals surface area contributed by atoms with Crippen molar-refractivity contribution in [2.24, 2.45) is 0 Å². The minimum absolute atomic E-state index is 0.0707. The molecule has 0 saturated carbocycles. The van der Waals surface area contributed by atoms with Crippen molar-refractivity contribution < 1.29 is 14.3 Å². The number of hydrogen-bond acceptors (Lipinski definition) is 7. The number of ether oxygens (including phenoxy) is 2. The summed E-state index contributed by atoms with van der Waals surface area (Å²) in [5.74, 6) is 0.545. The van der Waals surface area contributed by atoms with E-state index in [1.54, 1.807) is 18.2 Å². The first-order valence-electron chi connectivity index (χ1n) is 13.3. The molecule has 1 fully saturated rings. The van der Waals surface area contributed by atoms with Crippen molar-refractivity contribution in [1.82, 2.24) is 30.0 Å². The predicted octanol–water partition coefficient (Wildman–Crippen LogP) is 3.93. The largest absolute Gasteiger partial charge is 0.384 e. The van der Waals surface area contributed by atoms with Crippen molar-refractivity contribution in [2.75, 3.05) is 32.1 Å². The number of urea groups is 1. The van der Waals surface area contributed by atoms with Gasteiger partial charge in [0, 0.05) is 32.0 Å². The van der Waals surface area contributed by atoms with Crippen LogP contribution < -0.4 is 10.6 Å². The Labute approximate surface area is 223 Å². The van der Waals surface area contributed by atoms with Gasteiger partial charge in [0.25, 0.3) is 0 Å². The van der Waals surface area contributed by atoms with Crippen LogP contribution in [0.4, 0.5) is 16.4 Å². The molecular formula is C28H37N7O3. The molecular weight excluding hydrogens is 482 g/mol. The third-order valence-electron chi connectivity index (χ3n) is 6.80. The van der Waals surface area contributed by atoms with Crippen molar-refractivity contribution in [3.8, 4) is 11.3 Å². The SMILES string of the molecule is COCCc1cc(-c2ccnc(Nc3cnn4c3CCC4)n2)ccc1CNC(=O)N1CC(OC(C)(C)C)C1. The number of methoxy groups -OCH3 is 1. The summed E-state index contributed by atoms with van der Waals surface area (Å²) in [5, 5.41) is 10.8. The number of rotatable bonds is 9. The zero-order valence-corrected chi connectivity index (χ0v) is 22.7. The molecule has 2 N–H and O–H groups in total. The molecule has 0 aliphatic carbocycles. The van der Waals surface area contributed by atoms with Crippen molar-refractivity contribution in [3.63, 3.8) is 0 Å². The fraction of sp³-hybridized carbons (Fsp3) is 0.500. The number of amides is 2. The number of nitrogens with one attached hydrogen (secondary N) is 2. The first kappa shape index (κ1) is 26.1. The van der Waals surface area contributed by atoms with Gasteiger partial charge in [-0.05, 0) is 63.3 Å². The molecule has 202 valence electrons. The molecule has 2 aromatic heterocycles. The number of aromatic nitrogens is 4. The number of carbonyl (C=O) groups excluding carboxylic acids is 1. The lowest BCUT2D eigenvalue weighted by molar-refractivity contribution is -0.111. The summed E-state index contributed by atoms with van der Waals surface area (Å²) in [6.45, 7) is 9.32. The van der Waals surface area contributed by atoms with Crippen LogP contribution in [0.2, 0.25) is 0 Å². The quantitative estimate of drug-likeness (QED) is 0.441.